The van der Waals surface area contributed by atoms with Crippen molar-refractivity contribution in [3.8, 4) is 0 Å². The van der Waals surface area contributed by atoms with Crippen molar-refractivity contribution in [3.05, 3.63) is 77.4 Å². The minimum absolute atomic E-state index is 0.170. The van der Waals surface area contributed by atoms with Crippen molar-refractivity contribution in [1.82, 2.24) is 0 Å². The predicted molar refractivity (Wildman–Crippen MR) is 86.1 cm³/mol. The standard InChI is InChI=1S/C19H19N/c1-14-17(15-10-6-4-7-11-15)19(2,3)20-18(14)16-12-8-5-9-13-16/h4-13H,1-3H3. The van der Waals surface area contributed by atoms with Crippen LogP contribution in [-0.4, -0.2) is 11.3 Å². The van der Waals surface area contributed by atoms with Crippen LogP contribution in [0.2, 0.25) is 0 Å². The molecule has 0 bridgehead atoms. The highest BCUT2D eigenvalue weighted by Crippen LogP contribution is 2.40. The van der Waals surface area contributed by atoms with E-state index in [1.165, 1.54) is 22.3 Å². The zero-order chi connectivity index (χ0) is 14.2. The molecule has 0 saturated heterocycles. The minimum atomic E-state index is -0.170. The monoisotopic (exact) mass is 261 g/mol. The van der Waals surface area contributed by atoms with Gasteiger partial charge in [0.25, 0.3) is 0 Å². The number of hydrogen-bond acceptors (Lipinski definition) is 1. The van der Waals surface area contributed by atoms with E-state index >= 15 is 0 Å². The van der Waals surface area contributed by atoms with Crippen LogP contribution in [0.1, 0.15) is 31.9 Å². The molecule has 1 heterocycles. The zero-order valence-electron chi connectivity index (χ0n) is 12.2. The van der Waals surface area contributed by atoms with Gasteiger partial charge in [-0.05, 0) is 43.0 Å². The smallest absolute Gasteiger partial charge is 0.0817 e. The Morgan fingerprint density at radius 2 is 1.25 bits per heavy atom. The Morgan fingerprint density at radius 3 is 1.80 bits per heavy atom. The molecule has 0 N–H and O–H groups in total. The first-order valence-corrected chi connectivity index (χ1v) is 7.02. The predicted octanol–water partition coefficient (Wildman–Crippen LogP) is 4.74. The summed E-state index contributed by atoms with van der Waals surface area (Å²) in [6.07, 6.45) is 0. The average molecular weight is 261 g/mol. The van der Waals surface area contributed by atoms with Gasteiger partial charge in [0, 0.05) is 0 Å². The van der Waals surface area contributed by atoms with Crippen LogP contribution in [0.5, 0.6) is 0 Å². The van der Waals surface area contributed by atoms with Crippen LogP contribution in [0.25, 0.3) is 5.57 Å². The van der Waals surface area contributed by atoms with Crippen LogP contribution >= 0.6 is 0 Å². The molecule has 0 unspecified atom stereocenters. The summed E-state index contributed by atoms with van der Waals surface area (Å²) in [6.45, 7) is 6.56. The molecule has 1 heteroatoms. The number of aliphatic imine (C=N–C) groups is 1. The molecule has 2 aromatic carbocycles. The van der Waals surface area contributed by atoms with Gasteiger partial charge in [-0.2, -0.15) is 0 Å². The van der Waals surface area contributed by atoms with Crippen LogP contribution < -0.4 is 0 Å². The molecular formula is C19H19N. The average Bonchev–Trinajstić information content (AvgIpc) is 2.71. The highest BCUT2D eigenvalue weighted by molar-refractivity contribution is 6.20. The molecule has 0 aromatic heterocycles. The van der Waals surface area contributed by atoms with Gasteiger partial charge in [-0.3, -0.25) is 4.99 Å². The van der Waals surface area contributed by atoms with Gasteiger partial charge in [-0.15, -0.1) is 0 Å². The molecule has 2 aromatic rings. The van der Waals surface area contributed by atoms with E-state index in [9.17, 15) is 0 Å². The molecule has 0 atom stereocenters. The van der Waals surface area contributed by atoms with Crippen molar-refractivity contribution in [2.24, 2.45) is 4.99 Å². The van der Waals surface area contributed by atoms with E-state index in [4.69, 9.17) is 4.99 Å². The number of allylic oxidation sites excluding steroid dienone is 1. The van der Waals surface area contributed by atoms with Crippen molar-refractivity contribution in [3.63, 3.8) is 0 Å². The van der Waals surface area contributed by atoms with Crippen LogP contribution in [0, 0.1) is 0 Å². The number of benzene rings is 2. The van der Waals surface area contributed by atoms with E-state index in [2.05, 4.69) is 75.4 Å². The summed E-state index contributed by atoms with van der Waals surface area (Å²) in [5, 5.41) is 0. The lowest BCUT2D eigenvalue weighted by atomic mass is 9.87. The molecule has 0 aliphatic carbocycles. The van der Waals surface area contributed by atoms with Gasteiger partial charge >= 0.3 is 0 Å². The molecular weight excluding hydrogens is 242 g/mol. The second-order valence-electron chi connectivity index (χ2n) is 5.75. The second kappa shape index (κ2) is 4.75. The number of hydrogen-bond donors (Lipinski definition) is 0. The Hall–Kier alpha value is -2.15. The normalized spacial score (nSPS) is 17.2. The van der Waals surface area contributed by atoms with Crippen molar-refractivity contribution >= 4 is 11.3 Å². The largest absolute Gasteiger partial charge is 0.274 e. The van der Waals surface area contributed by atoms with Gasteiger partial charge in [0.05, 0.1) is 11.3 Å². The molecule has 100 valence electrons. The Balaban J connectivity index is 2.14. The van der Waals surface area contributed by atoms with Crippen molar-refractivity contribution < 1.29 is 0 Å². The van der Waals surface area contributed by atoms with Crippen molar-refractivity contribution in [2.75, 3.05) is 0 Å². The fourth-order valence-corrected chi connectivity index (χ4v) is 3.05. The minimum Gasteiger partial charge on any atom is -0.274 e. The molecule has 20 heavy (non-hydrogen) atoms. The third kappa shape index (κ3) is 2.09. The summed E-state index contributed by atoms with van der Waals surface area (Å²) in [7, 11) is 0. The molecule has 1 nitrogen and oxygen atoms in total. The van der Waals surface area contributed by atoms with E-state index in [1.54, 1.807) is 0 Å². The lowest BCUT2D eigenvalue weighted by Gasteiger charge is -2.20. The lowest BCUT2D eigenvalue weighted by molar-refractivity contribution is 0.689. The topological polar surface area (TPSA) is 12.4 Å². The Morgan fingerprint density at radius 1 is 0.750 bits per heavy atom. The van der Waals surface area contributed by atoms with Crippen LogP contribution in [0.15, 0.2) is 71.2 Å². The van der Waals surface area contributed by atoms with E-state index in [1.807, 2.05) is 6.07 Å². The van der Waals surface area contributed by atoms with E-state index in [0.717, 1.165) is 5.71 Å². The maximum Gasteiger partial charge on any atom is 0.0817 e. The summed E-state index contributed by atoms with van der Waals surface area (Å²) in [4.78, 5) is 4.97. The van der Waals surface area contributed by atoms with Crippen LogP contribution in [0.4, 0.5) is 0 Å². The van der Waals surface area contributed by atoms with Crippen molar-refractivity contribution in [1.29, 1.82) is 0 Å². The number of nitrogens with zero attached hydrogens (tertiary/aromatic N) is 1. The molecule has 3 rings (SSSR count). The van der Waals surface area contributed by atoms with Gasteiger partial charge in [0.2, 0.25) is 0 Å². The van der Waals surface area contributed by atoms with Gasteiger partial charge in [-0.1, -0.05) is 60.7 Å². The fourth-order valence-electron chi connectivity index (χ4n) is 3.05. The third-order valence-corrected chi connectivity index (χ3v) is 3.84. The van der Waals surface area contributed by atoms with Gasteiger partial charge in [-0.25, -0.2) is 0 Å². The van der Waals surface area contributed by atoms with Crippen LogP contribution in [-0.2, 0) is 0 Å². The first-order valence-electron chi connectivity index (χ1n) is 7.02. The molecule has 1 aliphatic rings. The Kier molecular flexibility index (Phi) is 3.06. The SMILES string of the molecule is CC1=C(c2ccccc2)C(C)(C)N=C1c1ccccc1. The Labute approximate surface area is 120 Å². The molecule has 0 spiro atoms. The summed E-state index contributed by atoms with van der Waals surface area (Å²) >= 11 is 0. The number of rotatable bonds is 2. The molecule has 1 aliphatic heterocycles. The van der Waals surface area contributed by atoms with Gasteiger partial charge in [0.15, 0.2) is 0 Å². The van der Waals surface area contributed by atoms with E-state index < -0.39 is 0 Å². The maximum absolute atomic E-state index is 4.97. The first kappa shape index (κ1) is 12.9. The van der Waals surface area contributed by atoms with Gasteiger partial charge in [0.1, 0.15) is 0 Å². The third-order valence-electron chi connectivity index (χ3n) is 3.84. The first-order chi connectivity index (χ1) is 9.59. The summed E-state index contributed by atoms with van der Waals surface area (Å²) < 4.78 is 0. The highest BCUT2D eigenvalue weighted by Gasteiger charge is 2.33. The van der Waals surface area contributed by atoms with Crippen LogP contribution in [0.3, 0.4) is 0 Å². The summed E-state index contributed by atoms with van der Waals surface area (Å²) in [5.41, 5.74) is 6.03. The van der Waals surface area contributed by atoms with E-state index in [-0.39, 0.29) is 5.54 Å². The molecule has 0 radical (unpaired) electrons. The maximum atomic E-state index is 4.97. The van der Waals surface area contributed by atoms with E-state index in [0.29, 0.717) is 0 Å². The Bertz CT molecular complexity index is 676. The summed E-state index contributed by atoms with van der Waals surface area (Å²) in [6, 6.07) is 21.0. The summed E-state index contributed by atoms with van der Waals surface area (Å²) in [5.74, 6) is 0. The second-order valence-corrected chi connectivity index (χ2v) is 5.75. The quantitative estimate of drug-likeness (QED) is 0.740. The molecule has 0 saturated carbocycles. The zero-order valence-corrected chi connectivity index (χ0v) is 12.2. The fraction of sp³-hybridized carbons (Fsp3) is 0.211. The van der Waals surface area contributed by atoms with Gasteiger partial charge < -0.3 is 0 Å². The highest BCUT2D eigenvalue weighted by atomic mass is 14.9. The van der Waals surface area contributed by atoms with Crippen molar-refractivity contribution in [2.45, 2.75) is 26.3 Å². The molecule has 0 fully saturated rings. The molecule has 0 amide bonds. The lowest BCUT2D eigenvalue weighted by Crippen LogP contribution is -2.16.